The summed E-state index contributed by atoms with van der Waals surface area (Å²) in [4.78, 5) is 0. The van der Waals surface area contributed by atoms with Crippen LogP contribution >= 0.6 is 0 Å². The van der Waals surface area contributed by atoms with Gasteiger partial charge in [-0.3, -0.25) is 0 Å². The van der Waals surface area contributed by atoms with E-state index in [0.717, 1.165) is 38.8 Å². The Morgan fingerprint density at radius 2 is 1.82 bits per heavy atom. The maximum Gasteiger partial charge on any atom is 0.0771 e. The summed E-state index contributed by atoms with van der Waals surface area (Å²) >= 11 is 0. The van der Waals surface area contributed by atoms with Crippen LogP contribution in [-0.4, -0.2) is 35.5 Å². The van der Waals surface area contributed by atoms with E-state index < -0.39 is 5.60 Å². The van der Waals surface area contributed by atoms with Gasteiger partial charge in [0.05, 0.1) is 5.60 Å². The van der Waals surface area contributed by atoms with Crippen molar-refractivity contribution in [3.63, 3.8) is 0 Å². The molecule has 0 aromatic rings. The van der Waals surface area contributed by atoms with E-state index >= 15 is 0 Å². The van der Waals surface area contributed by atoms with E-state index in [1.54, 1.807) is 0 Å². The highest BCUT2D eigenvalue weighted by Gasteiger charge is 2.27. The van der Waals surface area contributed by atoms with Gasteiger partial charge in [0.15, 0.2) is 0 Å². The number of aliphatic hydroxyl groups is 2. The lowest BCUT2D eigenvalue weighted by Crippen LogP contribution is -2.40. The molecule has 1 unspecified atom stereocenters. The van der Waals surface area contributed by atoms with E-state index in [1.165, 1.54) is 25.7 Å². The van der Waals surface area contributed by atoms with Crippen molar-refractivity contribution >= 4 is 0 Å². The van der Waals surface area contributed by atoms with E-state index in [1.807, 2.05) is 0 Å². The lowest BCUT2D eigenvalue weighted by atomic mass is 9.94. The maximum atomic E-state index is 10.4. The lowest BCUT2D eigenvalue weighted by Gasteiger charge is -2.27. The molecule has 1 aliphatic rings. The van der Waals surface area contributed by atoms with E-state index in [9.17, 15) is 5.11 Å². The average molecular weight is 243 g/mol. The smallest absolute Gasteiger partial charge is 0.0771 e. The predicted octanol–water partition coefficient (Wildman–Crippen LogP) is 2.07. The van der Waals surface area contributed by atoms with Crippen molar-refractivity contribution in [1.29, 1.82) is 0 Å². The van der Waals surface area contributed by atoms with Gasteiger partial charge in [0.2, 0.25) is 0 Å². The molecular weight excluding hydrogens is 214 g/mol. The molecule has 17 heavy (non-hydrogen) atoms. The highest BCUT2D eigenvalue weighted by Crippen LogP contribution is 2.26. The molecule has 0 spiro atoms. The van der Waals surface area contributed by atoms with Crippen LogP contribution in [0.25, 0.3) is 0 Å². The average Bonchev–Trinajstić information content (AvgIpc) is 2.54. The molecule has 1 fully saturated rings. The molecule has 102 valence electrons. The van der Waals surface area contributed by atoms with Gasteiger partial charge in [-0.15, -0.1) is 0 Å². The summed E-state index contributed by atoms with van der Waals surface area (Å²) < 4.78 is 0. The third-order valence-electron chi connectivity index (χ3n) is 3.85. The first-order chi connectivity index (χ1) is 8.16. The van der Waals surface area contributed by atoms with Gasteiger partial charge >= 0.3 is 0 Å². The van der Waals surface area contributed by atoms with Crippen molar-refractivity contribution in [2.45, 2.75) is 63.9 Å². The van der Waals surface area contributed by atoms with Crippen LogP contribution < -0.4 is 5.32 Å². The zero-order valence-corrected chi connectivity index (χ0v) is 11.2. The zero-order valence-electron chi connectivity index (χ0n) is 11.2. The monoisotopic (exact) mass is 243 g/mol. The Morgan fingerprint density at radius 3 is 2.41 bits per heavy atom. The summed E-state index contributed by atoms with van der Waals surface area (Å²) in [6, 6.07) is 0. The summed E-state index contributed by atoms with van der Waals surface area (Å²) in [7, 11) is 0. The van der Waals surface area contributed by atoms with E-state index in [0.29, 0.717) is 5.92 Å². The Bertz CT molecular complexity index is 189. The fraction of sp³-hybridized carbons (Fsp3) is 1.00. The van der Waals surface area contributed by atoms with Gasteiger partial charge in [0.25, 0.3) is 0 Å². The van der Waals surface area contributed by atoms with Crippen LogP contribution in [-0.2, 0) is 0 Å². The van der Waals surface area contributed by atoms with Crippen molar-refractivity contribution in [2.24, 2.45) is 5.92 Å². The SMILES string of the molecule is CC(CO)CCCNCC1(O)CCCCCC1. The molecular formula is C14H29NO2. The van der Waals surface area contributed by atoms with Crippen LogP contribution in [0.2, 0.25) is 0 Å². The molecule has 1 saturated carbocycles. The minimum atomic E-state index is -0.459. The summed E-state index contributed by atoms with van der Waals surface area (Å²) in [5.74, 6) is 0.401. The fourth-order valence-corrected chi connectivity index (χ4v) is 2.55. The first-order valence-electron chi connectivity index (χ1n) is 7.20. The minimum absolute atomic E-state index is 0.282. The highest BCUT2D eigenvalue weighted by molar-refractivity contribution is 4.83. The van der Waals surface area contributed by atoms with Crippen molar-refractivity contribution in [3.8, 4) is 0 Å². The van der Waals surface area contributed by atoms with Crippen LogP contribution in [0.5, 0.6) is 0 Å². The molecule has 3 nitrogen and oxygen atoms in total. The second-order valence-corrected chi connectivity index (χ2v) is 5.75. The Balaban J connectivity index is 2.08. The van der Waals surface area contributed by atoms with E-state index in [-0.39, 0.29) is 6.61 Å². The van der Waals surface area contributed by atoms with Crippen LogP contribution in [0.3, 0.4) is 0 Å². The first kappa shape index (κ1) is 14.9. The lowest BCUT2D eigenvalue weighted by molar-refractivity contribution is 0.0253. The van der Waals surface area contributed by atoms with E-state index in [4.69, 9.17) is 5.11 Å². The van der Waals surface area contributed by atoms with E-state index in [2.05, 4.69) is 12.2 Å². The number of hydrogen-bond acceptors (Lipinski definition) is 3. The van der Waals surface area contributed by atoms with Gasteiger partial charge in [0.1, 0.15) is 0 Å². The number of hydrogen-bond donors (Lipinski definition) is 3. The summed E-state index contributed by atoms with van der Waals surface area (Å²) in [6.45, 7) is 4.04. The van der Waals surface area contributed by atoms with Crippen LogP contribution in [0.4, 0.5) is 0 Å². The molecule has 0 heterocycles. The predicted molar refractivity (Wildman–Crippen MR) is 71.0 cm³/mol. The normalized spacial score (nSPS) is 22.1. The molecule has 0 aromatic heterocycles. The zero-order chi connectivity index (χ0) is 12.6. The summed E-state index contributed by atoms with van der Waals surface area (Å²) in [6.07, 6.45) is 8.92. The Labute approximate surface area is 106 Å². The van der Waals surface area contributed by atoms with Gasteiger partial charge in [-0.2, -0.15) is 0 Å². The largest absolute Gasteiger partial charge is 0.396 e. The molecule has 3 N–H and O–H groups in total. The Hall–Kier alpha value is -0.120. The first-order valence-corrected chi connectivity index (χ1v) is 7.20. The molecule has 1 atom stereocenters. The molecule has 0 radical (unpaired) electrons. The molecule has 1 aliphatic carbocycles. The second kappa shape index (κ2) is 8.06. The van der Waals surface area contributed by atoms with Crippen LogP contribution in [0.1, 0.15) is 58.3 Å². The molecule has 1 rings (SSSR count). The van der Waals surface area contributed by atoms with Gasteiger partial charge < -0.3 is 15.5 Å². The number of nitrogens with one attached hydrogen (secondary N) is 1. The Kier molecular flexibility index (Phi) is 7.09. The maximum absolute atomic E-state index is 10.4. The van der Waals surface area contributed by atoms with Gasteiger partial charge in [-0.1, -0.05) is 32.6 Å². The van der Waals surface area contributed by atoms with Crippen molar-refractivity contribution in [2.75, 3.05) is 19.7 Å². The molecule has 3 heteroatoms. The fourth-order valence-electron chi connectivity index (χ4n) is 2.55. The quantitative estimate of drug-likeness (QED) is 0.474. The van der Waals surface area contributed by atoms with Crippen LogP contribution in [0.15, 0.2) is 0 Å². The van der Waals surface area contributed by atoms with Gasteiger partial charge in [-0.05, 0) is 38.1 Å². The van der Waals surface area contributed by atoms with Crippen LogP contribution in [0, 0.1) is 5.92 Å². The summed E-state index contributed by atoms with van der Waals surface area (Å²) in [5.41, 5.74) is -0.459. The Morgan fingerprint density at radius 1 is 1.18 bits per heavy atom. The molecule has 0 aliphatic heterocycles. The van der Waals surface area contributed by atoms with Crippen molar-refractivity contribution in [3.05, 3.63) is 0 Å². The van der Waals surface area contributed by atoms with Gasteiger partial charge in [0, 0.05) is 13.2 Å². The highest BCUT2D eigenvalue weighted by atomic mass is 16.3. The molecule has 0 bridgehead atoms. The second-order valence-electron chi connectivity index (χ2n) is 5.75. The molecule has 0 saturated heterocycles. The summed E-state index contributed by atoms with van der Waals surface area (Å²) in [5, 5.41) is 22.7. The standard InChI is InChI=1S/C14H29NO2/c1-13(11-16)7-6-10-15-12-14(17)8-4-2-3-5-9-14/h13,15-17H,2-12H2,1H3. The topological polar surface area (TPSA) is 52.5 Å². The number of aliphatic hydroxyl groups excluding tert-OH is 1. The molecule has 0 amide bonds. The van der Waals surface area contributed by atoms with Gasteiger partial charge in [-0.25, -0.2) is 0 Å². The number of rotatable bonds is 7. The van der Waals surface area contributed by atoms with Crippen molar-refractivity contribution < 1.29 is 10.2 Å². The third-order valence-corrected chi connectivity index (χ3v) is 3.85. The minimum Gasteiger partial charge on any atom is -0.396 e. The third kappa shape index (κ3) is 6.39. The van der Waals surface area contributed by atoms with Crippen molar-refractivity contribution in [1.82, 2.24) is 5.32 Å². The molecule has 0 aromatic carbocycles.